The molecule has 2 aromatic carbocycles. The number of aromatic nitrogens is 2. The first-order valence-electron chi connectivity index (χ1n) is 6.76. The number of nitrogens with zero attached hydrogens (tertiary/aromatic N) is 2. The highest BCUT2D eigenvalue weighted by molar-refractivity contribution is 14.1. The maximum atomic E-state index is 12.6. The van der Waals surface area contributed by atoms with Crippen molar-refractivity contribution in [2.75, 3.05) is 0 Å². The smallest absolute Gasteiger partial charge is 0.171 e. The summed E-state index contributed by atoms with van der Waals surface area (Å²) in [6.45, 7) is 2.02. The summed E-state index contributed by atoms with van der Waals surface area (Å²) in [6.07, 6.45) is 0.324. The second-order valence-electron chi connectivity index (χ2n) is 5.11. The Kier molecular flexibility index (Phi) is 3.80. The summed E-state index contributed by atoms with van der Waals surface area (Å²) in [5.41, 5.74) is 3.90. The summed E-state index contributed by atoms with van der Waals surface area (Å²) in [5, 5.41) is 0. The summed E-state index contributed by atoms with van der Waals surface area (Å²) in [5.74, 6) is 0.917. The van der Waals surface area contributed by atoms with Crippen LogP contribution in [0.15, 0.2) is 42.5 Å². The fraction of sp³-hybridized carbons (Fsp3) is 0.176. The van der Waals surface area contributed by atoms with Crippen molar-refractivity contribution in [2.24, 2.45) is 7.05 Å². The van der Waals surface area contributed by atoms with Gasteiger partial charge in [0.25, 0.3) is 0 Å². The number of carbonyl (C=O) groups excluding carboxylic acids is 1. The lowest BCUT2D eigenvalue weighted by Gasteiger charge is -2.06. The van der Waals surface area contributed by atoms with Crippen LogP contribution in [-0.2, 0) is 13.5 Å². The standard InChI is InChI=1S/C17H15IN2O/c1-11-6-5-7-12(17(11)18)15(21)10-16-19-13-8-3-4-9-14(13)20(16)2/h3-9H,10H2,1-2H3. The van der Waals surface area contributed by atoms with E-state index in [4.69, 9.17) is 0 Å². The molecule has 0 spiro atoms. The van der Waals surface area contributed by atoms with Crippen molar-refractivity contribution in [3.8, 4) is 0 Å². The van der Waals surface area contributed by atoms with Gasteiger partial charge in [-0.2, -0.15) is 0 Å². The number of hydrogen-bond donors (Lipinski definition) is 0. The molecule has 0 saturated heterocycles. The van der Waals surface area contributed by atoms with Crippen molar-refractivity contribution >= 4 is 39.4 Å². The van der Waals surface area contributed by atoms with Gasteiger partial charge in [0.15, 0.2) is 5.78 Å². The molecule has 0 fully saturated rings. The predicted molar refractivity (Wildman–Crippen MR) is 92.6 cm³/mol. The second-order valence-corrected chi connectivity index (χ2v) is 6.19. The lowest BCUT2D eigenvalue weighted by Crippen LogP contribution is -2.10. The van der Waals surface area contributed by atoms with E-state index in [2.05, 4.69) is 27.6 Å². The third-order valence-electron chi connectivity index (χ3n) is 3.69. The molecule has 0 saturated carbocycles. The van der Waals surface area contributed by atoms with Gasteiger partial charge in [0.1, 0.15) is 5.82 Å². The lowest BCUT2D eigenvalue weighted by molar-refractivity contribution is 0.0989. The molecule has 0 aliphatic rings. The normalized spacial score (nSPS) is 11.0. The molecule has 1 heterocycles. The van der Waals surface area contributed by atoms with Crippen LogP contribution >= 0.6 is 22.6 Å². The fourth-order valence-corrected chi connectivity index (χ4v) is 3.12. The quantitative estimate of drug-likeness (QED) is 0.502. The Morgan fingerprint density at radius 1 is 1.19 bits per heavy atom. The zero-order chi connectivity index (χ0) is 15.0. The van der Waals surface area contributed by atoms with Crippen molar-refractivity contribution in [3.63, 3.8) is 0 Å². The van der Waals surface area contributed by atoms with E-state index in [1.54, 1.807) is 0 Å². The molecule has 0 aliphatic carbocycles. The van der Waals surface area contributed by atoms with E-state index >= 15 is 0 Å². The molecule has 3 rings (SSSR count). The highest BCUT2D eigenvalue weighted by Gasteiger charge is 2.16. The number of rotatable bonds is 3. The molecular weight excluding hydrogens is 375 g/mol. The number of imidazole rings is 1. The average molecular weight is 390 g/mol. The number of para-hydroxylation sites is 2. The number of ketones is 1. The van der Waals surface area contributed by atoms with E-state index in [1.165, 1.54) is 0 Å². The van der Waals surface area contributed by atoms with Crippen molar-refractivity contribution in [3.05, 3.63) is 63.0 Å². The molecule has 0 N–H and O–H groups in total. The third kappa shape index (κ3) is 2.60. The van der Waals surface area contributed by atoms with Crippen molar-refractivity contribution in [1.29, 1.82) is 0 Å². The van der Waals surface area contributed by atoms with Crippen LogP contribution in [0.4, 0.5) is 0 Å². The summed E-state index contributed by atoms with van der Waals surface area (Å²) in [7, 11) is 1.96. The number of benzene rings is 2. The minimum atomic E-state index is 0.113. The molecule has 3 nitrogen and oxygen atoms in total. The van der Waals surface area contributed by atoms with Crippen molar-refractivity contribution in [2.45, 2.75) is 13.3 Å². The van der Waals surface area contributed by atoms with E-state index in [0.29, 0.717) is 6.42 Å². The van der Waals surface area contributed by atoms with E-state index in [-0.39, 0.29) is 5.78 Å². The van der Waals surface area contributed by atoms with Crippen LogP contribution in [0.5, 0.6) is 0 Å². The van der Waals surface area contributed by atoms with Crippen LogP contribution < -0.4 is 0 Å². The first-order valence-corrected chi connectivity index (χ1v) is 7.84. The van der Waals surface area contributed by atoms with Crippen LogP contribution in [0.3, 0.4) is 0 Å². The maximum Gasteiger partial charge on any atom is 0.171 e. The molecule has 106 valence electrons. The highest BCUT2D eigenvalue weighted by Crippen LogP contribution is 2.20. The summed E-state index contributed by atoms with van der Waals surface area (Å²) < 4.78 is 3.02. The molecule has 0 unspecified atom stereocenters. The van der Waals surface area contributed by atoms with Gasteiger partial charge in [-0.25, -0.2) is 4.98 Å². The van der Waals surface area contributed by atoms with Crippen LogP contribution in [0.2, 0.25) is 0 Å². The fourth-order valence-electron chi connectivity index (χ4n) is 2.46. The zero-order valence-corrected chi connectivity index (χ0v) is 14.1. The largest absolute Gasteiger partial charge is 0.331 e. The first-order chi connectivity index (χ1) is 10.1. The number of Topliss-reactive ketones (excluding diaryl/α,β-unsaturated/α-hetero) is 1. The van der Waals surface area contributed by atoms with Gasteiger partial charge in [-0.3, -0.25) is 4.79 Å². The van der Waals surface area contributed by atoms with E-state index in [9.17, 15) is 4.79 Å². The van der Waals surface area contributed by atoms with Crippen LogP contribution in [0, 0.1) is 10.5 Å². The molecule has 1 aromatic heterocycles. The minimum absolute atomic E-state index is 0.113. The van der Waals surface area contributed by atoms with Crippen LogP contribution in [-0.4, -0.2) is 15.3 Å². The Morgan fingerprint density at radius 2 is 1.95 bits per heavy atom. The van der Waals surface area contributed by atoms with Crippen LogP contribution in [0.25, 0.3) is 11.0 Å². The van der Waals surface area contributed by atoms with E-state index < -0.39 is 0 Å². The van der Waals surface area contributed by atoms with E-state index in [0.717, 1.165) is 31.6 Å². The highest BCUT2D eigenvalue weighted by atomic mass is 127. The van der Waals surface area contributed by atoms with Gasteiger partial charge >= 0.3 is 0 Å². The molecule has 0 amide bonds. The number of fused-ring (bicyclic) bond motifs is 1. The Balaban J connectivity index is 1.97. The number of aryl methyl sites for hydroxylation is 2. The van der Waals surface area contributed by atoms with E-state index in [1.807, 2.05) is 61.0 Å². The van der Waals surface area contributed by atoms with Crippen molar-refractivity contribution < 1.29 is 4.79 Å². The molecule has 3 aromatic rings. The predicted octanol–water partition coefficient (Wildman–Crippen LogP) is 3.91. The SMILES string of the molecule is Cc1cccc(C(=O)Cc2nc3ccccc3n2C)c1I. The molecular formula is C17H15IN2O. The van der Waals surface area contributed by atoms with Gasteiger partial charge in [0.05, 0.1) is 17.5 Å². The number of hydrogen-bond acceptors (Lipinski definition) is 2. The number of halogens is 1. The first kappa shape index (κ1) is 14.3. The Hall–Kier alpha value is -1.69. The van der Waals surface area contributed by atoms with Gasteiger partial charge in [0.2, 0.25) is 0 Å². The maximum absolute atomic E-state index is 12.6. The summed E-state index contributed by atoms with van der Waals surface area (Å²) in [4.78, 5) is 17.1. The minimum Gasteiger partial charge on any atom is -0.331 e. The van der Waals surface area contributed by atoms with Gasteiger partial charge < -0.3 is 4.57 Å². The Morgan fingerprint density at radius 3 is 2.71 bits per heavy atom. The Labute approximate surface area is 137 Å². The topological polar surface area (TPSA) is 34.9 Å². The summed E-state index contributed by atoms with van der Waals surface area (Å²) >= 11 is 2.24. The molecule has 0 radical (unpaired) electrons. The molecule has 4 heteroatoms. The molecule has 0 bridgehead atoms. The monoisotopic (exact) mass is 390 g/mol. The van der Waals surface area contributed by atoms with Crippen LogP contribution in [0.1, 0.15) is 21.7 Å². The lowest BCUT2D eigenvalue weighted by atomic mass is 10.1. The molecule has 0 aliphatic heterocycles. The van der Waals surface area contributed by atoms with Gasteiger partial charge in [0, 0.05) is 16.2 Å². The van der Waals surface area contributed by atoms with Gasteiger partial charge in [-0.15, -0.1) is 0 Å². The van der Waals surface area contributed by atoms with Gasteiger partial charge in [-0.05, 0) is 47.2 Å². The zero-order valence-electron chi connectivity index (χ0n) is 11.9. The van der Waals surface area contributed by atoms with Gasteiger partial charge in [-0.1, -0.05) is 30.3 Å². The second kappa shape index (κ2) is 5.60. The number of carbonyl (C=O) groups is 1. The third-order valence-corrected chi connectivity index (χ3v) is 5.12. The Bertz CT molecular complexity index is 836. The summed E-state index contributed by atoms with van der Waals surface area (Å²) in [6, 6.07) is 13.8. The van der Waals surface area contributed by atoms with Crippen molar-refractivity contribution in [1.82, 2.24) is 9.55 Å². The molecule has 0 atom stereocenters. The average Bonchev–Trinajstić information content (AvgIpc) is 2.79. The molecule has 21 heavy (non-hydrogen) atoms.